The van der Waals surface area contributed by atoms with Gasteiger partial charge in [0.2, 0.25) is 5.91 Å². The van der Waals surface area contributed by atoms with E-state index < -0.39 is 11.7 Å². The second kappa shape index (κ2) is 9.25. The first-order valence-corrected chi connectivity index (χ1v) is 12.1. The molecule has 1 amide bonds. The molecule has 0 saturated carbocycles. The van der Waals surface area contributed by atoms with Crippen molar-refractivity contribution >= 4 is 34.7 Å². The van der Waals surface area contributed by atoms with Crippen molar-refractivity contribution in [2.75, 3.05) is 42.5 Å². The van der Waals surface area contributed by atoms with E-state index in [1.165, 1.54) is 21.9 Å². The molecule has 0 bridgehead atoms. The van der Waals surface area contributed by atoms with E-state index in [1.807, 2.05) is 34.1 Å². The van der Waals surface area contributed by atoms with Gasteiger partial charge in [0, 0.05) is 54.6 Å². The van der Waals surface area contributed by atoms with Gasteiger partial charge in [-0.1, -0.05) is 42.1 Å². The number of piperazine rings is 1. The quantitative estimate of drug-likeness (QED) is 0.452. The lowest BCUT2D eigenvalue weighted by Gasteiger charge is -2.37. The number of carbonyl (C=O) groups excluding carboxylic acids is 1. The Hall–Kier alpha value is -3.13. The third kappa shape index (κ3) is 4.59. The van der Waals surface area contributed by atoms with Crippen molar-refractivity contribution in [2.45, 2.75) is 22.4 Å². The molecule has 34 heavy (non-hydrogen) atoms. The van der Waals surface area contributed by atoms with Crippen molar-refractivity contribution < 1.29 is 18.0 Å². The Morgan fingerprint density at radius 2 is 1.44 bits per heavy atom. The van der Waals surface area contributed by atoms with E-state index in [-0.39, 0.29) is 5.91 Å². The molecule has 0 atom stereocenters. The maximum absolute atomic E-state index is 13.0. The molecule has 0 N–H and O–H groups in total. The zero-order valence-electron chi connectivity index (χ0n) is 18.5. The van der Waals surface area contributed by atoms with E-state index in [1.54, 1.807) is 17.8 Å². The lowest BCUT2D eigenvalue weighted by atomic mass is 10.1. The molecule has 1 saturated heterocycles. The maximum Gasteiger partial charge on any atom is 0.416 e. The Bertz CT molecular complexity index is 1150. The van der Waals surface area contributed by atoms with Gasteiger partial charge in [-0.3, -0.25) is 4.79 Å². The largest absolute Gasteiger partial charge is 0.416 e. The Morgan fingerprint density at radius 3 is 2.06 bits per heavy atom. The van der Waals surface area contributed by atoms with Crippen LogP contribution in [0.4, 0.5) is 30.2 Å². The van der Waals surface area contributed by atoms with Crippen molar-refractivity contribution in [1.29, 1.82) is 0 Å². The molecular weight excluding hydrogens is 459 g/mol. The minimum Gasteiger partial charge on any atom is -0.368 e. The van der Waals surface area contributed by atoms with Crippen molar-refractivity contribution in [3.8, 4) is 0 Å². The fraction of sp³-hybridized carbons (Fsp3) is 0.269. The molecule has 0 spiro atoms. The van der Waals surface area contributed by atoms with Crippen LogP contribution in [0.25, 0.3) is 0 Å². The highest BCUT2D eigenvalue weighted by Gasteiger charge is 2.31. The van der Waals surface area contributed by atoms with Crippen molar-refractivity contribution in [1.82, 2.24) is 4.90 Å². The number of para-hydroxylation sites is 2. The summed E-state index contributed by atoms with van der Waals surface area (Å²) < 4.78 is 39.1. The summed E-state index contributed by atoms with van der Waals surface area (Å²) in [7, 11) is 0. The summed E-state index contributed by atoms with van der Waals surface area (Å²) in [4.78, 5) is 21.3. The first-order chi connectivity index (χ1) is 16.4. The Kier molecular flexibility index (Phi) is 6.16. The van der Waals surface area contributed by atoms with E-state index >= 15 is 0 Å². The van der Waals surface area contributed by atoms with Gasteiger partial charge >= 0.3 is 6.18 Å². The average Bonchev–Trinajstić information content (AvgIpc) is 2.86. The minimum absolute atomic E-state index is 0.0666. The van der Waals surface area contributed by atoms with Gasteiger partial charge in [-0.25, -0.2) is 0 Å². The van der Waals surface area contributed by atoms with Crippen LogP contribution in [0.15, 0.2) is 82.6 Å². The number of hydrogen-bond donors (Lipinski definition) is 0. The molecule has 2 heterocycles. The lowest BCUT2D eigenvalue weighted by Crippen LogP contribution is -2.49. The number of benzene rings is 3. The summed E-state index contributed by atoms with van der Waals surface area (Å²) in [5.74, 6) is 0.0666. The topological polar surface area (TPSA) is 26.8 Å². The van der Waals surface area contributed by atoms with E-state index in [2.05, 4.69) is 29.2 Å². The predicted molar refractivity (Wildman–Crippen MR) is 129 cm³/mol. The lowest BCUT2D eigenvalue weighted by molar-refractivity contribution is -0.137. The SMILES string of the molecule is O=C(CCN1c2ccccc2Sc2ccccc21)N1CCN(c2cccc(C(F)(F)F)c2)CC1. The number of nitrogens with zero attached hydrogens (tertiary/aromatic N) is 3. The molecule has 1 fully saturated rings. The van der Waals surface area contributed by atoms with Crippen LogP contribution in [0, 0.1) is 0 Å². The van der Waals surface area contributed by atoms with Crippen LogP contribution in [0.2, 0.25) is 0 Å². The number of halogens is 3. The number of anilines is 3. The van der Waals surface area contributed by atoms with Gasteiger partial charge in [0.15, 0.2) is 0 Å². The van der Waals surface area contributed by atoms with Gasteiger partial charge in [-0.05, 0) is 42.5 Å². The average molecular weight is 484 g/mol. The van der Waals surface area contributed by atoms with E-state index in [4.69, 9.17) is 0 Å². The van der Waals surface area contributed by atoms with Crippen molar-refractivity contribution in [3.63, 3.8) is 0 Å². The Labute approximate surface area is 201 Å². The number of alkyl halides is 3. The van der Waals surface area contributed by atoms with Crippen LogP contribution >= 0.6 is 11.8 Å². The molecular formula is C26H24F3N3OS. The molecule has 5 rings (SSSR count). The zero-order chi connectivity index (χ0) is 23.7. The Balaban J connectivity index is 1.22. The monoisotopic (exact) mass is 483 g/mol. The molecule has 0 aromatic heterocycles. The normalized spacial score (nSPS) is 15.7. The van der Waals surface area contributed by atoms with Gasteiger partial charge in [0.05, 0.1) is 16.9 Å². The maximum atomic E-state index is 13.0. The predicted octanol–water partition coefficient (Wildman–Crippen LogP) is 6.05. The molecule has 0 radical (unpaired) electrons. The number of amides is 1. The highest BCUT2D eigenvalue weighted by molar-refractivity contribution is 7.99. The van der Waals surface area contributed by atoms with Gasteiger partial charge in [0.25, 0.3) is 0 Å². The highest BCUT2D eigenvalue weighted by Crippen LogP contribution is 2.47. The molecule has 4 nitrogen and oxygen atoms in total. The highest BCUT2D eigenvalue weighted by atomic mass is 32.2. The fourth-order valence-corrected chi connectivity index (χ4v) is 5.58. The van der Waals surface area contributed by atoms with E-state index in [0.29, 0.717) is 44.8 Å². The molecule has 0 unspecified atom stereocenters. The summed E-state index contributed by atoms with van der Waals surface area (Å²) in [6, 6.07) is 21.8. The number of fused-ring (bicyclic) bond motifs is 2. The van der Waals surface area contributed by atoms with Crippen LogP contribution in [0.1, 0.15) is 12.0 Å². The molecule has 2 aliphatic rings. The minimum atomic E-state index is -4.36. The molecule has 2 aliphatic heterocycles. The summed E-state index contributed by atoms with van der Waals surface area (Å²) in [6.07, 6.45) is -3.99. The molecule has 0 aliphatic carbocycles. The summed E-state index contributed by atoms with van der Waals surface area (Å²) in [5, 5.41) is 0. The van der Waals surface area contributed by atoms with Gasteiger partial charge < -0.3 is 14.7 Å². The van der Waals surface area contributed by atoms with E-state index in [0.717, 1.165) is 17.4 Å². The third-order valence-corrected chi connectivity index (χ3v) is 7.38. The molecule has 3 aromatic carbocycles. The third-order valence-electron chi connectivity index (χ3n) is 6.25. The fourth-order valence-electron chi connectivity index (χ4n) is 4.48. The van der Waals surface area contributed by atoms with Crippen LogP contribution in [0.5, 0.6) is 0 Å². The zero-order valence-corrected chi connectivity index (χ0v) is 19.3. The first-order valence-electron chi connectivity index (χ1n) is 11.2. The van der Waals surface area contributed by atoms with Gasteiger partial charge in [-0.15, -0.1) is 0 Å². The van der Waals surface area contributed by atoms with Crippen LogP contribution in [-0.2, 0) is 11.0 Å². The molecule has 8 heteroatoms. The summed E-state index contributed by atoms with van der Waals surface area (Å²) >= 11 is 1.74. The van der Waals surface area contributed by atoms with Crippen LogP contribution < -0.4 is 9.80 Å². The molecule has 3 aromatic rings. The second-order valence-electron chi connectivity index (χ2n) is 8.36. The van der Waals surface area contributed by atoms with Crippen molar-refractivity contribution in [2.24, 2.45) is 0 Å². The number of rotatable bonds is 4. The summed E-state index contributed by atoms with van der Waals surface area (Å²) in [5.41, 5.74) is 2.10. The first kappa shape index (κ1) is 22.7. The van der Waals surface area contributed by atoms with Gasteiger partial charge in [0.1, 0.15) is 0 Å². The van der Waals surface area contributed by atoms with Crippen molar-refractivity contribution in [3.05, 3.63) is 78.4 Å². The number of hydrogen-bond acceptors (Lipinski definition) is 4. The van der Waals surface area contributed by atoms with E-state index in [9.17, 15) is 18.0 Å². The second-order valence-corrected chi connectivity index (χ2v) is 9.44. The number of carbonyl (C=O) groups is 1. The Morgan fingerprint density at radius 1 is 0.824 bits per heavy atom. The summed E-state index contributed by atoms with van der Waals surface area (Å²) in [6.45, 7) is 2.59. The van der Waals surface area contributed by atoms with Gasteiger partial charge in [-0.2, -0.15) is 13.2 Å². The van der Waals surface area contributed by atoms with Crippen LogP contribution in [-0.4, -0.2) is 43.5 Å². The smallest absolute Gasteiger partial charge is 0.368 e. The van der Waals surface area contributed by atoms with Crippen LogP contribution in [0.3, 0.4) is 0 Å². The standard InChI is InChI=1S/C26H24F3N3OS/c27-26(28,29)19-6-5-7-20(18-19)30-14-16-31(17-15-30)25(33)12-13-32-21-8-1-3-10-23(21)34-24-11-4-2-9-22(24)32/h1-11,18H,12-17H2. The molecule has 176 valence electrons.